The molecule has 0 aliphatic heterocycles. The molecule has 0 radical (unpaired) electrons. The van der Waals surface area contributed by atoms with Crippen LogP contribution in [0.1, 0.15) is 11.3 Å². The summed E-state index contributed by atoms with van der Waals surface area (Å²) in [4.78, 5) is 4.07. The molecule has 2 rings (SSSR count). The Kier molecular flexibility index (Phi) is 3.95. The highest BCUT2D eigenvalue weighted by Gasteiger charge is 2.30. The summed E-state index contributed by atoms with van der Waals surface area (Å²) >= 11 is 5.86. The van der Waals surface area contributed by atoms with Gasteiger partial charge < -0.3 is 5.32 Å². The molecule has 19 heavy (non-hydrogen) atoms. The van der Waals surface area contributed by atoms with Gasteiger partial charge in [0.05, 0.1) is 28.5 Å². The normalized spacial score (nSPS) is 11.4. The molecule has 1 heterocycles. The summed E-state index contributed by atoms with van der Waals surface area (Å²) in [5.74, 6) is 0. The van der Waals surface area contributed by atoms with E-state index in [1.165, 1.54) is 6.07 Å². The van der Waals surface area contributed by atoms with Crippen molar-refractivity contribution < 1.29 is 13.2 Å². The number of nitrogens with zero attached hydrogens (tertiary/aromatic N) is 1. The summed E-state index contributed by atoms with van der Waals surface area (Å²) in [6, 6.07) is 8.51. The molecule has 0 amide bonds. The maximum Gasteiger partial charge on any atom is 0.416 e. The minimum Gasteiger partial charge on any atom is -0.378 e. The van der Waals surface area contributed by atoms with Crippen LogP contribution in [0.3, 0.4) is 0 Å². The van der Waals surface area contributed by atoms with Crippen molar-refractivity contribution in [1.82, 2.24) is 4.98 Å². The Morgan fingerprint density at radius 3 is 2.58 bits per heavy atom. The molecule has 0 fully saturated rings. The standard InChI is InChI=1S/C13H10ClF3N2/c14-11-5-4-9(13(15,16)17)7-12(11)19-8-10-3-1-2-6-18-10/h1-7,19H,8H2. The van der Waals surface area contributed by atoms with E-state index < -0.39 is 11.7 Å². The maximum absolute atomic E-state index is 12.6. The number of anilines is 1. The van der Waals surface area contributed by atoms with Crippen molar-refractivity contribution in [3.05, 3.63) is 58.9 Å². The average Bonchev–Trinajstić information content (AvgIpc) is 2.37. The fourth-order valence-corrected chi connectivity index (χ4v) is 1.71. The van der Waals surface area contributed by atoms with Crippen molar-refractivity contribution in [2.45, 2.75) is 12.7 Å². The maximum atomic E-state index is 12.6. The molecule has 0 spiro atoms. The number of nitrogens with one attached hydrogen (secondary N) is 1. The van der Waals surface area contributed by atoms with Crippen molar-refractivity contribution in [2.24, 2.45) is 0 Å². The zero-order chi connectivity index (χ0) is 13.9. The first-order chi connectivity index (χ1) is 8.97. The van der Waals surface area contributed by atoms with Gasteiger partial charge in [-0.25, -0.2) is 0 Å². The molecule has 0 aliphatic carbocycles. The van der Waals surface area contributed by atoms with Crippen molar-refractivity contribution in [3.8, 4) is 0 Å². The zero-order valence-electron chi connectivity index (χ0n) is 9.71. The molecule has 0 saturated carbocycles. The van der Waals surface area contributed by atoms with E-state index in [0.29, 0.717) is 6.54 Å². The minimum absolute atomic E-state index is 0.238. The third-order valence-electron chi connectivity index (χ3n) is 2.48. The van der Waals surface area contributed by atoms with Gasteiger partial charge in [-0.1, -0.05) is 17.7 Å². The molecule has 0 unspecified atom stereocenters. The van der Waals surface area contributed by atoms with Gasteiger partial charge in [-0.05, 0) is 30.3 Å². The lowest BCUT2D eigenvalue weighted by atomic mass is 10.2. The van der Waals surface area contributed by atoms with Crippen LogP contribution in [-0.2, 0) is 12.7 Å². The van der Waals surface area contributed by atoms with Crippen molar-refractivity contribution >= 4 is 17.3 Å². The summed E-state index contributed by atoms with van der Waals surface area (Å²) in [6.45, 7) is 0.307. The van der Waals surface area contributed by atoms with Crippen LogP contribution < -0.4 is 5.32 Å². The summed E-state index contributed by atoms with van der Waals surface area (Å²) in [6.07, 6.45) is -2.77. The van der Waals surface area contributed by atoms with Gasteiger partial charge in [-0.3, -0.25) is 4.98 Å². The molecule has 2 aromatic rings. The highest BCUT2D eigenvalue weighted by molar-refractivity contribution is 6.33. The van der Waals surface area contributed by atoms with Crippen molar-refractivity contribution in [3.63, 3.8) is 0 Å². The molecule has 0 saturated heterocycles. The molecule has 6 heteroatoms. The highest BCUT2D eigenvalue weighted by atomic mass is 35.5. The van der Waals surface area contributed by atoms with Gasteiger partial charge in [-0.15, -0.1) is 0 Å². The van der Waals surface area contributed by atoms with Crippen molar-refractivity contribution in [1.29, 1.82) is 0 Å². The number of hydrogen-bond donors (Lipinski definition) is 1. The van der Waals surface area contributed by atoms with Gasteiger partial charge >= 0.3 is 6.18 Å². The lowest BCUT2D eigenvalue weighted by Crippen LogP contribution is -2.07. The first-order valence-corrected chi connectivity index (χ1v) is 5.85. The van der Waals surface area contributed by atoms with Crippen LogP contribution >= 0.6 is 11.6 Å². The van der Waals surface area contributed by atoms with Gasteiger partial charge in [0.15, 0.2) is 0 Å². The Balaban J connectivity index is 2.16. The number of rotatable bonds is 3. The zero-order valence-corrected chi connectivity index (χ0v) is 10.5. The molecule has 0 bridgehead atoms. The summed E-state index contributed by atoms with van der Waals surface area (Å²) in [5, 5.41) is 3.09. The quantitative estimate of drug-likeness (QED) is 0.906. The molecule has 2 nitrogen and oxygen atoms in total. The third kappa shape index (κ3) is 3.61. The molecular weight excluding hydrogens is 277 g/mol. The Morgan fingerprint density at radius 1 is 1.16 bits per heavy atom. The fourth-order valence-electron chi connectivity index (χ4n) is 1.53. The van der Waals surface area contributed by atoms with Gasteiger partial charge in [-0.2, -0.15) is 13.2 Å². The molecule has 100 valence electrons. The summed E-state index contributed by atoms with van der Waals surface area (Å²) in [5.41, 5.74) is 0.221. The van der Waals surface area contributed by atoms with Gasteiger partial charge in [0.1, 0.15) is 0 Å². The number of benzene rings is 1. The van der Waals surface area contributed by atoms with E-state index in [1.807, 2.05) is 0 Å². The van der Waals surface area contributed by atoms with E-state index in [2.05, 4.69) is 10.3 Å². The lowest BCUT2D eigenvalue weighted by molar-refractivity contribution is -0.137. The Bertz CT molecular complexity index is 556. The molecule has 0 aliphatic rings. The number of aromatic nitrogens is 1. The van der Waals surface area contributed by atoms with Crippen LogP contribution in [0.4, 0.5) is 18.9 Å². The van der Waals surface area contributed by atoms with E-state index in [9.17, 15) is 13.2 Å². The lowest BCUT2D eigenvalue weighted by Gasteiger charge is -2.12. The van der Waals surface area contributed by atoms with Crippen LogP contribution in [0.25, 0.3) is 0 Å². The number of alkyl halides is 3. The molecule has 0 atom stereocenters. The van der Waals surface area contributed by atoms with Gasteiger partial charge in [0, 0.05) is 6.20 Å². The first kappa shape index (κ1) is 13.7. The molecule has 1 aromatic heterocycles. The first-order valence-electron chi connectivity index (χ1n) is 5.47. The fraction of sp³-hybridized carbons (Fsp3) is 0.154. The van der Waals surface area contributed by atoms with E-state index in [-0.39, 0.29) is 10.7 Å². The van der Waals surface area contributed by atoms with Crippen LogP contribution in [0, 0.1) is 0 Å². The second-order valence-corrected chi connectivity index (χ2v) is 4.27. The second-order valence-electron chi connectivity index (χ2n) is 3.87. The highest BCUT2D eigenvalue weighted by Crippen LogP contribution is 2.33. The summed E-state index contributed by atoms with van der Waals surface area (Å²) in [7, 11) is 0. The Hall–Kier alpha value is -1.75. The molecule has 1 N–H and O–H groups in total. The Morgan fingerprint density at radius 2 is 1.95 bits per heavy atom. The second kappa shape index (κ2) is 5.48. The summed E-state index contributed by atoms with van der Waals surface area (Å²) < 4.78 is 37.7. The number of hydrogen-bond acceptors (Lipinski definition) is 2. The van der Waals surface area contributed by atoms with Crippen LogP contribution in [-0.4, -0.2) is 4.98 Å². The predicted octanol–water partition coefficient (Wildman–Crippen LogP) is 4.37. The number of pyridine rings is 1. The van der Waals surface area contributed by atoms with E-state index in [4.69, 9.17) is 11.6 Å². The number of halogens is 4. The van der Waals surface area contributed by atoms with Crippen LogP contribution in [0.2, 0.25) is 5.02 Å². The Labute approximate surface area is 113 Å². The largest absolute Gasteiger partial charge is 0.416 e. The molecule has 1 aromatic carbocycles. The van der Waals surface area contributed by atoms with Gasteiger partial charge in [0.2, 0.25) is 0 Å². The van der Waals surface area contributed by atoms with Crippen LogP contribution in [0.5, 0.6) is 0 Å². The van der Waals surface area contributed by atoms with Crippen molar-refractivity contribution in [2.75, 3.05) is 5.32 Å². The average molecular weight is 287 g/mol. The van der Waals surface area contributed by atoms with Gasteiger partial charge in [0.25, 0.3) is 0 Å². The third-order valence-corrected chi connectivity index (χ3v) is 2.81. The van der Waals surface area contributed by atoms with Crippen LogP contribution in [0.15, 0.2) is 42.6 Å². The van der Waals surface area contributed by atoms with E-state index in [0.717, 1.165) is 17.8 Å². The van der Waals surface area contributed by atoms with E-state index >= 15 is 0 Å². The molecular formula is C13H10ClF3N2. The monoisotopic (exact) mass is 286 g/mol. The smallest absolute Gasteiger partial charge is 0.378 e. The minimum atomic E-state index is -4.38. The SMILES string of the molecule is FC(F)(F)c1ccc(Cl)c(NCc2ccccn2)c1. The predicted molar refractivity (Wildman–Crippen MR) is 68.0 cm³/mol. The topological polar surface area (TPSA) is 24.9 Å². The van der Waals surface area contributed by atoms with E-state index in [1.54, 1.807) is 24.4 Å².